The first-order valence-electron chi connectivity index (χ1n) is 12.3. The first-order valence-corrected chi connectivity index (χ1v) is 12.3. The van der Waals surface area contributed by atoms with Crippen molar-refractivity contribution in [2.75, 3.05) is 0 Å². The van der Waals surface area contributed by atoms with Crippen molar-refractivity contribution >= 4 is 11.4 Å². The molecule has 4 aromatic rings. The van der Waals surface area contributed by atoms with Gasteiger partial charge in [-0.2, -0.15) is 5.10 Å². The highest BCUT2D eigenvalue weighted by atomic mass is 16.1. The van der Waals surface area contributed by atoms with E-state index < -0.39 is 0 Å². The van der Waals surface area contributed by atoms with Crippen LogP contribution >= 0.6 is 0 Å². The van der Waals surface area contributed by atoms with Crippen LogP contribution in [0.15, 0.2) is 67.1 Å². The summed E-state index contributed by atoms with van der Waals surface area (Å²) in [6, 6.07) is 15.9. The highest BCUT2D eigenvalue weighted by Crippen LogP contribution is 2.44. The minimum Gasteiger partial charge on any atom is -0.327 e. The van der Waals surface area contributed by atoms with Gasteiger partial charge in [-0.15, -0.1) is 0 Å². The topological polar surface area (TPSA) is 86.2 Å². The molecule has 3 heterocycles. The highest BCUT2D eigenvalue weighted by molar-refractivity contribution is 5.99. The van der Waals surface area contributed by atoms with Gasteiger partial charge in [0.2, 0.25) is 0 Å². The van der Waals surface area contributed by atoms with Crippen LogP contribution in [0.5, 0.6) is 0 Å². The number of pyridine rings is 1. The molecule has 172 valence electrons. The Morgan fingerprint density at radius 2 is 1.79 bits per heavy atom. The van der Waals surface area contributed by atoms with E-state index in [2.05, 4.69) is 10.1 Å². The van der Waals surface area contributed by atoms with Crippen molar-refractivity contribution in [1.82, 2.24) is 19.6 Å². The fourth-order valence-electron chi connectivity index (χ4n) is 6.18. The monoisotopic (exact) mass is 451 g/mol. The summed E-state index contributed by atoms with van der Waals surface area (Å²) in [5.41, 5.74) is 11.5. The van der Waals surface area contributed by atoms with E-state index in [-0.39, 0.29) is 17.7 Å². The quantitative estimate of drug-likeness (QED) is 0.432. The molecule has 6 heteroatoms. The molecule has 2 aliphatic carbocycles. The average molecular weight is 452 g/mol. The van der Waals surface area contributed by atoms with Gasteiger partial charge in [-0.3, -0.25) is 9.78 Å². The third-order valence-corrected chi connectivity index (χ3v) is 7.80. The Hall–Kier alpha value is -3.38. The second-order valence-electron chi connectivity index (χ2n) is 9.77. The molecule has 4 atom stereocenters. The number of benzene rings is 1. The van der Waals surface area contributed by atoms with E-state index in [9.17, 15) is 4.79 Å². The summed E-state index contributed by atoms with van der Waals surface area (Å²) in [7, 11) is 0. The van der Waals surface area contributed by atoms with Gasteiger partial charge in [0.25, 0.3) is 0 Å². The fourth-order valence-corrected chi connectivity index (χ4v) is 6.18. The lowest BCUT2D eigenvalue weighted by molar-refractivity contribution is 0.0578. The standard InChI is InChI=1S/C28H29N5O/c29-23-11-5-9-19-8-4-10-21(26(19)23)27(34)20-12-14-30-25(16-20)22-17-31-33-15-13-24(32-28(22)33)18-6-2-1-3-7-18/h1-3,6-7,12-17,19,21,23,26H,4-5,8-11,29H2/t19-,21?,23-,26+/m0/s1. The Bertz CT molecular complexity index is 1330. The molecule has 6 rings (SSSR count). The lowest BCUT2D eigenvalue weighted by Gasteiger charge is -2.44. The molecule has 6 nitrogen and oxygen atoms in total. The van der Waals surface area contributed by atoms with Crippen molar-refractivity contribution in [2.45, 2.75) is 44.6 Å². The minimum atomic E-state index is 0.0102. The number of nitrogens with zero attached hydrogens (tertiary/aromatic N) is 4. The number of carbonyl (C=O) groups excluding carboxylic acids is 1. The summed E-state index contributed by atoms with van der Waals surface area (Å²) in [6.45, 7) is 0. The Kier molecular flexibility index (Phi) is 5.46. The number of ketones is 1. The van der Waals surface area contributed by atoms with Gasteiger partial charge in [0.15, 0.2) is 11.4 Å². The Labute approximate surface area is 199 Å². The summed E-state index contributed by atoms with van der Waals surface area (Å²) in [5.74, 6) is 1.12. The molecule has 2 fully saturated rings. The van der Waals surface area contributed by atoms with E-state index in [1.807, 2.05) is 54.7 Å². The molecular weight excluding hydrogens is 422 g/mol. The van der Waals surface area contributed by atoms with Crippen LogP contribution < -0.4 is 5.73 Å². The summed E-state index contributed by atoms with van der Waals surface area (Å²) in [4.78, 5) is 23.2. The van der Waals surface area contributed by atoms with E-state index in [0.717, 1.165) is 47.4 Å². The largest absolute Gasteiger partial charge is 0.327 e. The number of Topliss-reactive ketones (excluding diaryl/α,β-unsaturated/α-hetero) is 1. The zero-order valence-corrected chi connectivity index (χ0v) is 19.2. The van der Waals surface area contributed by atoms with Crippen LogP contribution in [0.4, 0.5) is 0 Å². The first kappa shape index (κ1) is 21.2. The summed E-state index contributed by atoms with van der Waals surface area (Å²) in [6.07, 6.45) is 12.1. The average Bonchev–Trinajstić information content (AvgIpc) is 3.32. The molecule has 3 aromatic heterocycles. The second-order valence-corrected chi connectivity index (χ2v) is 9.77. The maximum Gasteiger partial charge on any atom is 0.166 e. The molecule has 0 saturated heterocycles. The number of hydrogen-bond donors (Lipinski definition) is 1. The van der Waals surface area contributed by atoms with Crippen molar-refractivity contribution in [2.24, 2.45) is 23.5 Å². The first-order chi connectivity index (χ1) is 16.7. The number of nitrogens with two attached hydrogens (primary N) is 1. The van der Waals surface area contributed by atoms with Crippen LogP contribution in [-0.4, -0.2) is 31.4 Å². The van der Waals surface area contributed by atoms with Gasteiger partial charge in [0.05, 0.1) is 23.1 Å². The van der Waals surface area contributed by atoms with Crippen LogP contribution in [0.2, 0.25) is 0 Å². The third-order valence-electron chi connectivity index (χ3n) is 7.80. The molecule has 0 spiro atoms. The molecule has 0 amide bonds. The molecule has 0 aliphatic heterocycles. The molecule has 2 aliphatic rings. The maximum atomic E-state index is 13.7. The normalized spacial score (nSPS) is 24.6. The lowest BCUT2D eigenvalue weighted by Crippen LogP contribution is -2.47. The SMILES string of the molecule is N[C@H]1CCC[C@@H]2CCCC(C(=O)c3ccnc(-c4cnn5ccc(-c6ccccc6)nc45)c3)[C@@H]21. The Morgan fingerprint density at radius 1 is 0.971 bits per heavy atom. The molecule has 0 bridgehead atoms. The zero-order valence-electron chi connectivity index (χ0n) is 19.2. The van der Waals surface area contributed by atoms with Crippen molar-refractivity contribution in [3.8, 4) is 22.5 Å². The van der Waals surface area contributed by atoms with Crippen molar-refractivity contribution in [3.63, 3.8) is 0 Å². The molecule has 1 aromatic carbocycles. The number of aromatic nitrogens is 4. The number of carbonyl (C=O) groups is 1. The van der Waals surface area contributed by atoms with Gasteiger partial charge in [0, 0.05) is 35.5 Å². The zero-order chi connectivity index (χ0) is 23.1. The highest BCUT2D eigenvalue weighted by Gasteiger charge is 2.42. The van der Waals surface area contributed by atoms with Crippen LogP contribution in [0.25, 0.3) is 28.2 Å². The van der Waals surface area contributed by atoms with Crippen LogP contribution in [0, 0.1) is 17.8 Å². The maximum absolute atomic E-state index is 13.7. The Balaban J connectivity index is 1.35. The van der Waals surface area contributed by atoms with E-state index in [1.54, 1.807) is 16.9 Å². The van der Waals surface area contributed by atoms with E-state index >= 15 is 0 Å². The fraction of sp³-hybridized carbons (Fsp3) is 0.357. The summed E-state index contributed by atoms with van der Waals surface area (Å²) < 4.78 is 1.75. The second kappa shape index (κ2) is 8.76. The van der Waals surface area contributed by atoms with Gasteiger partial charge >= 0.3 is 0 Å². The molecule has 34 heavy (non-hydrogen) atoms. The van der Waals surface area contributed by atoms with Gasteiger partial charge in [0.1, 0.15) is 0 Å². The van der Waals surface area contributed by atoms with Crippen molar-refractivity contribution in [3.05, 3.63) is 72.7 Å². The van der Waals surface area contributed by atoms with Crippen molar-refractivity contribution < 1.29 is 4.79 Å². The van der Waals surface area contributed by atoms with Crippen LogP contribution in [0.3, 0.4) is 0 Å². The molecule has 0 radical (unpaired) electrons. The van der Waals surface area contributed by atoms with E-state index in [4.69, 9.17) is 10.7 Å². The minimum absolute atomic E-state index is 0.0102. The van der Waals surface area contributed by atoms with Crippen LogP contribution in [0.1, 0.15) is 48.9 Å². The summed E-state index contributed by atoms with van der Waals surface area (Å²) >= 11 is 0. The predicted octanol–water partition coefficient (Wildman–Crippen LogP) is 5.18. The van der Waals surface area contributed by atoms with Gasteiger partial charge in [-0.25, -0.2) is 9.50 Å². The number of rotatable bonds is 4. The van der Waals surface area contributed by atoms with Gasteiger partial charge in [-0.05, 0) is 42.9 Å². The Morgan fingerprint density at radius 3 is 2.65 bits per heavy atom. The molecule has 2 N–H and O–H groups in total. The molecular formula is C28H29N5O. The summed E-state index contributed by atoms with van der Waals surface area (Å²) in [5, 5.41) is 4.47. The number of hydrogen-bond acceptors (Lipinski definition) is 5. The third kappa shape index (κ3) is 3.72. The molecule has 1 unspecified atom stereocenters. The predicted molar refractivity (Wildman–Crippen MR) is 132 cm³/mol. The van der Waals surface area contributed by atoms with Crippen LogP contribution in [-0.2, 0) is 0 Å². The molecule has 2 saturated carbocycles. The van der Waals surface area contributed by atoms with E-state index in [1.165, 1.54) is 19.3 Å². The van der Waals surface area contributed by atoms with E-state index in [0.29, 0.717) is 17.4 Å². The lowest BCUT2D eigenvalue weighted by atomic mass is 9.62. The number of fused-ring (bicyclic) bond motifs is 2. The van der Waals surface area contributed by atoms with Gasteiger partial charge in [-0.1, -0.05) is 56.0 Å². The smallest absolute Gasteiger partial charge is 0.166 e. The van der Waals surface area contributed by atoms with Gasteiger partial charge < -0.3 is 5.73 Å². The van der Waals surface area contributed by atoms with Crippen molar-refractivity contribution in [1.29, 1.82) is 0 Å².